The lowest BCUT2D eigenvalue weighted by molar-refractivity contribution is 0.0940. The van der Waals surface area contributed by atoms with Crippen molar-refractivity contribution in [2.75, 3.05) is 13.2 Å². The number of amides is 1. The molecule has 0 saturated heterocycles. The Kier molecular flexibility index (Phi) is 8.29. The number of hydrogen-bond donors (Lipinski definition) is 1. The first-order valence-corrected chi connectivity index (χ1v) is 13.0. The van der Waals surface area contributed by atoms with E-state index < -0.39 is 11.6 Å². The van der Waals surface area contributed by atoms with Crippen LogP contribution < -0.4 is 10.1 Å². The maximum absolute atomic E-state index is 14.9. The topological polar surface area (TPSA) is 56.2 Å². The molecule has 5 nitrogen and oxygen atoms in total. The Balaban J connectivity index is 1.68. The summed E-state index contributed by atoms with van der Waals surface area (Å²) in [5, 5.41) is 8.06. The first-order chi connectivity index (χ1) is 17.3. The number of nitrogens with zero attached hydrogens (tertiary/aromatic N) is 2. The van der Waals surface area contributed by atoms with E-state index in [2.05, 4.69) is 31.2 Å². The molecule has 1 N–H and O–H groups in total. The van der Waals surface area contributed by atoms with Gasteiger partial charge in [0, 0.05) is 35.2 Å². The molecule has 4 rings (SSSR count). The molecule has 0 saturated carbocycles. The Hall–Kier alpha value is -2.93. The zero-order chi connectivity index (χ0) is 25.8. The second-order valence-electron chi connectivity index (χ2n) is 9.50. The number of aromatic nitrogens is 2. The molecule has 1 atom stereocenters. The van der Waals surface area contributed by atoms with Crippen LogP contribution >= 0.6 is 11.6 Å². The summed E-state index contributed by atoms with van der Waals surface area (Å²) in [6.07, 6.45) is 4.88. The van der Waals surface area contributed by atoms with Crippen LogP contribution in [0.4, 0.5) is 8.78 Å². The SMILES string of the molecule is CCC(CC)CCC(C)CNC(=O)c1nn(-c2ccc(F)cc2F)c2c1CCOc1cc(Cl)ccc1-2. The van der Waals surface area contributed by atoms with Gasteiger partial charge in [-0.2, -0.15) is 5.10 Å². The highest BCUT2D eigenvalue weighted by molar-refractivity contribution is 6.30. The van der Waals surface area contributed by atoms with Crippen LogP contribution in [0, 0.1) is 23.5 Å². The Labute approximate surface area is 215 Å². The molecule has 1 amide bonds. The standard InChI is InChI=1S/C28H32ClF2N3O2/c1-4-18(5-2)7-6-17(3)16-32-28(35)26-22-12-13-36-25-14-19(29)8-10-21(25)27(22)34(33-26)24-11-9-20(30)15-23(24)31/h8-11,14-15,17-18H,4-7,12-13,16H2,1-3H3,(H,32,35). The van der Waals surface area contributed by atoms with Crippen LogP contribution in [-0.2, 0) is 6.42 Å². The van der Waals surface area contributed by atoms with Gasteiger partial charge in [0.2, 0.25) is 0 Å². The molecule has 1 aliphatic heterocycles. The van der Waals surface area contributed by atoms with E-state index in [-0.39, 0.29) is 17.3 Å². The molecular formula is C28H32ClF2N3O2. The van der Waals surface area contributed by atoms with Crippen LogP contribution in [0.3, 0.4) is 0 Å². The predicted molar refractivity (Wildman–Crippen MR) is 138 cm³/mol. The van der Waals surface area contributed by atoms with Crippen molar-refractivity contribution in [1.29, 1.82) is 0 Å². The van der Waals surface area contributed by atoms with E-state index in [0.29, 0.717) is 59.0 Å². The van der Waals surface area contributed by atoms with Crippen molar-refractivity contribution in [2.24, 2.45) is 11.8 Å². The van der Waals surface area contributed by atoms with E-state index >= 15 is 0 Å². The normalized spacial score (nSPS) is 13.5. The minimum atomic E-state index is -0.775. The fourth-order valence-corrected chi connectivity index (χ4v) is 4.88. The van der Waals surface area contributed by atoms with Gasteiger partial charge in [0.1, 0.15) is 17.3 Å². The predicted octanol–water partition coefficient (Wildman–Crippen LogP) is 6.99. The number of hydrogen-bond acceptors (Lipinski definition) is 3. The number of halogens is 3. The van der Waals surface area contributed by atoms with Crippen molar-refractivity contribution in [3.63, 3.8) is 0 Å². The molecule has 1 aliphatic rings. The van der Waals surface area contributed by atoms with Crippen LogP contribution in [0.25, 0.3) is 16.9 Å². The van der Waals surface area contributed by atoms with Crippen LogP contribution in [0.15, 0.2) is 36.4 Å². The van der Waals surface area contributed by atoms with Crippen molar-refractivity contribution < 1.29 is 18.3 Å². The summed E-state index contributed by atoms with van der Waals surface area (Å²) in [6, 6.07) is 8.46. The molecule has 2 aromatic carbocycles. The van der Waals surface area contributed by atoms with Crippen LogP contribution in [-0.4, -0.2) is 28.8 Å². The molecule has 8 heteroatoms. The van der Waals surface area contributed by atoms with E-state index in [0.717, 1.165) is 31.7 Å². The lowest BCUT2D eigenvalue weighted by Crippen LogP contribution is -2.29. The van der Waals surface area contributed by atoms with Gasteiger partial charge in [-0.15, -0.1) is 0 Å². The summed E-state index contributed by atoms with van der Waals surface area (Å²) in [4.78, 5) is 13.3. The fourth-order valence-electron chi connectivity index (χ4n) is 4.72. The van der Waals surface area contributed by atoms with Gasteiger partial charge in [0.25, 0.3) is 5.91 Å². The lowest BCUT2D eigenvalue weighted by Gasteiger charge is -2.16. The van der Waals surface area contributed by atoms with Gasteiger partial charge in [0.05, 0.1) is 12.3 Å². The Morgan fingerprint density at radius 2 is 1.94 bits per heavy atom. The van der Waals surface area contributed by atoms with Crippen molar-refractivity contribution in [2.45, 2.75) is 52.9 Å². The van der Waals surface area contributed by atoms with E-state index in [1.807, 2.05) is 0 Å². The summed E-state index contributed by atoms with van der Waals surface area (Å²) in [6.45, 7) is 7.38. The summed E-state index contributed by atoms with van der Waals surface area (Å²) in [7, 11) is 0. The van der Waals surface area contributed by atoms with Gasteiger partial charge >= 0.3 is 0 Å². The summed E-state index contributed by atoms with van der Waals surface area (Å²) in [5.41, 5.74) is 2.10. The van der Waals surface area contributed by atoms with E-state index in [4.69, 9.17) is 16.3 Å². The van der Waals surface area contributed by atoms with Crippen LogP contribution in [0.1, 0.15) is 62.5 Å². The molecular weight excluding hydrogens is 484 g/mol. The average molecular weight is 516 g/mol. The number of benzene rings is 2. The molecule has 2 heterocycles. The molecule has 1 unspecified atom stereocenters. The van der Waals surface area contributed by atoms with E-state index in [9.17, 15) is 13.6 Å². The number of ether oxygens (including phenoxy) is 1. The molecule has 0 spiro atoms. The first-order valence-electron chi connectivity index (χ1n) is 12.6. The molecule has 36 heavy (non-hydrogen) atoms. The summed E-state index contributed by atoms with van der Waals surface area (Å²) in [5.74, 6) is -0.246. The monoisotopic (exact) mass is 515 g/mol. The highest BCUT2D eigenvalue weighted by Crippen LogP contribution is 2.40. The fraction of sp³-hybridized carbons (Fsp3) is 0.429. The third-order valence-corrected chi connectivity index (χ3v) is 7.21. The molecule has 192 valence electrons. The second kappa shape index (κ2) is 11.4. The zero-order valence-electron chi connectivity index (χ0n) is 20.9. The van der Waals surface area contributed by atoms with Gasteiger partial charge in [-0.1, -0.05) is 51.6 Å². The number of fused-ring (bicyclic) bond motifs is 3. The molecule has 0 radical (unpaired) electrons. The molecule has 0 bridgehead atoms. The van der Waals surface area contributed by atoms with Gasteiger partial charge in [-0.3, -0.25) is 4.79 Å². The van der Waals surface area contributed by atoms with Gasteiger partial charge in [-0.05, 0) is 48.6 Å². The third-order valence-electron chi connectivity index (χ3n) is 6.98. The van der Waals surface area contributed by atoms with Crippen molar-refractivity contribution >= 4 is 17.5 Å². The number of nitrogens with one attached hydrogen (secondary N) is 1. The van der Waals surface area contributed by atoms with Crippen molar-refractivity contribution in [3.8, 4) is 22.7 Å². The number of rotatable bonds is 9. The molecule has 1 aromatic heterocycles. The van der Waals surface area contributed by atoms with Crippen LogP contribution in [0.2, 0.25) is 5.02 Å². The largest absolute Gasteiger partial charge is 0.492 e. The summed E-state index contributed by atoms with van der Waals surface area (Å²) < 4.78 is 35.8. The molecule has 3 aromatic rings. The average Bonchev–Trinajstić information content (AvgIpc) is 3.12. The highest BCUT2D eigenvalue weighted by atomic mass is 35.5. The number of carbonyl (C=O) groups excluding carboxylic acids is 1. The van der Waals surface area contributed by atoms with Crippen LogP contribution in [0.5, 0.6) is 5.75 Å². The lowest BCUT2D eigenvalue weighted by atomic mass is 9.93. The minimum Gasteiger partial charge on any atom is -0.492 e. The zero-order valence-corrected chi connectivity index (χ0v) is 21.7. The smallest absolute Gasteiger partial charge is 0.272 e. The van der Waals surface area contributed by atoms with Crippen molar-refractivity contribution in [1.82, 2.24) is 15.1 Å². The first kappa shape index (κ1) is 26.1. The van der Waals surface area contributed by atoms with E-state index in [1.54, 1.807) is 18.2 Å². The van der Waals surface area contributed by atoms with Gasteiger partial charge in [-0.25, -0.2) is 13.5 Å². The number of carbonyl (C=O) groups is 1. The van der Waals surface area contributed by atoms with Gasteiger partial charge in [0.15, 0.2) is 11.5 Å². The molecule has 0 aliphatic carbocycles. The Bertz CT molecular complexity index is 1240. The molecule has 0 fully saturated rings. The summed E-state index contributed by atoms with van der Waals surface area (Å²) >= 11 is 6.18. The third kappa shape index (κ3) is 5.56. The van der Waals surface area contributed by atoms with Crippen molar-refractivity contribution in [3.05, 3.63) is 64.3 Å². The Morgan fingerprint density at radius 1 is 1.17 bits per heavy atom. The van der Waals surface area contributed by atoms with Gasteiger partial charge < -0.3 is 10.1 Å². The Morgan fingerprint density at radius 3 is 2.67 bits per heavy atom. The second-order valence-corrected chi connectivity index (χ2v) is 9.93. The quantitative estimate of drug-likeness (QED) is 0.334. The maximum Gasteiger partial charge on any atom is 0.272 e. The highest BCUT2D eigenvalue weighted by Gasteiger charge is 2.29. The minimum absolute atomic E-state index is 0.0491. The maximum atomic E-state index is 14.9. The van der Waals surface area contributed by atoms with E-state index in [1.165, 1.54) is 16.8 Å².